The first-order valence-corrected chi connectivity index (χ1v) is 7.77. The van der Waals surface area contributed by atoms with Crippen molar-refractivity contribution in [2.24, 2.45) is 10.9 Å². The molecule has 0 bridgehead atoms. The van der Waals surface area contributed by atoms with Crippen LogP contribution in [0.5, 0.6) is 0 Å². The van der Waals surface area contributed by atoms with Gasteiger partial charge in [-0.05, 0) is 49.6 Å². The predicted molar refractivity (Wildman–Crippen MR) is 81.4 cm³/mol. The molecule has 5 heteroatoms. The number of nitrogens with zero attached hydrogens (tertiary/aromatic N) is 2. The standard InChI is InChI=1S/C15H18N2O2S/c1-10-5-7-17(8-6-10)15-16-14(18)13(20-15)9-12-4-3-11(2)19-12/h3-4,9-10H,5-8H2,1-2H3/b13-9+. The molecule has 0 aromatic carbocycles. The number of amidine groups is 1. The molecule has 2 aliphatic rings. The summed E-state index contributed by atoms with van der Waals surface area (Å²) in [7, 11) is 0. The molecule has 20 heavy (non-hydrogen) atoms. The van der Waals surface area contributed by atoms with Crippen LogP contribution < -0.4 is 0 Å². The first-order valence-electron chi connectivity index (χ1n) is 6.96. The van der Waals surface area contributed by atoms with Crippen molar-refractivity contribution in [3.8, 4) is 0 Å². The summed E-state index contributed by atoms with van der Waals surface area (Å²) in [6.45, 7) is 6.15. The van der Waals surface area contributed by atoms with E-state index in [-0.39, 0.29) is 5.91 Å². The van der Waals surface area contributed by atoms with Gasteiger partial charge in [-0.3, -0.25) is 4.79 Å². The Bertz CT molecular complexity index is 580. The average Bonchev–Trinajstić information content (AvgIpc) is 2.98. The van der Waals surface area contributed by atoms with Gasteiger partial charge in [0, 0.05) is 19.2 Å². The first kappa shape index (κ1) is 13.5. The highest BCUT2D eigenvalue weighted by Gasteiger charge is 2.28. The van der Waals surface area contributed by atoms with Gasteiger partial charge >= 0.3 is 0 Å². The molecule has 4 nitrogen and oxygen atoms in total. The zero-order chi connectivity index (χ0) is 14.1. The number of carbonyl (C=O) groups excluding carboxylic acids is 1. The zero-order valence-electron chi connectivity index (χ0n) is 11.8. The minimum Gasteiger partial charge on any atom is -0.462 e. The molecule has 0 radical (unpaired) electrons. The number of piperidine rings is 1. The Hall–Kier alpha value is -1.49. The maximum Gasteiger partial charge on any atom is 0.286 e. The van der Waals surface area contributed by atoms with Gasteiger partial charge in [-0.2, -0.15) is 4.99 Å². The van der Waals surface area contributed by atoms with E-state index in [4.69, 9.17) is 4.42 Å². The number of likely N-dealkylation sites (tertiary alicyclic amines) is 1. The molecule has 0 aliphatic carbocycles. The van der Waals surface area contributed by atoms with Crippen LogP contribution in [0.1, 0.15) is 31.3 Å². The molecule has 3 rings (SSSR count). The van der Waals surface area contributed by atoms with Crippen molar-refractivity contribution in [3.05, 3.63) is 28.6 Å². The van der Waals surface area contributed by atoms with Crippen molar-refractivity contribution in [1.82, 2.24) is 4.90 Å². The Morgan fingerprint density at radius 3 is 2.80 bits per heavy atom. The topological polar surface area (TPSA) is 45.8 Å². The minimum absolute atomic E-state index is 0.155. The highest BCUT2D eigenvalue weighted by molar-refractivity contribution is 8.18. The van der Waals surface area contributed by atoms with Gasteiger partial charge in [0.1, 0.15) is 11.5 Å². The highest BCUT2D eigenvalue weighted by Crippen LogP contribution is 2.32. The third kappa shape index (κ3) is 2.82. The summed E-state index contributed by atoms with van der Waals surface area (Å²) >= 11 is 1.46. The molecule has 0 spiro atoms. The normalized spacial score (nSPS) is 22.7. The largest absolute Gasteiger partial charge is 0.462 e. The van der Waals surface area contributed by atoms with Crippen LogP contribution in [0.4, 0.5) is 0 Å². The molecule has 1 fully saturated rings. The van der Waals surface area contributed by atoms with Crippen molar-refractivity contribution in [2.75, 3.05) is 13.1 Å². The average molecular weight is 290 g/mol. The van der Waals surface area contributed by atoms with Gasteiger partial charge in [0.25, 0.3) is 5.91 Å². The number of carbonyl (C=O) groups is 1. The van der Waals surface area contributed by atoms with Crippen LogP contribution in [0.25, 0.3) is 6.08 Å². The molecule has 1 aromatic rings. The van der Waals surface area contributed by atoms with E-state index in [0.29, 0.717) is 10.7 Å². The third-order valence-electron chi connectivity index (χ3n) is 3.70. The lowest BCUT2D eigenvalue weighted by Crippen LogP contribution is -2.35. The fourth-order valence-electron chi connectivity index (χ4n) is 2.39. The maximum absolute atomic E-state index is 12.0. The smallest absolute Gasteiger partial charge is 0.286 e. The predicted octanol–water partition coefficient (Wildman–Crippen LogP) is 3.29. The van der Waals surface area contributed by atoms with E-state index in [1.165, 1.54) is 24.6 Å². The number of rotatable bonds is 1. The van der Waals surface area contributed by atoms with Crippen molar-refractivity contribution < 1.29 is 9.21 Å². The molecule has 0 atom stereocenters. The highest BCUT2D eigenvalue weighted by atomic mass is 32.2. The van der Waals surface area contributed by atoms with E-state index in [9.17, 15) is 4.79 Å². The Labute approximate surface area is 122 Å². The molecular formula is C15H18N2O2S. The van der Waals surface area contributed by atoms with E-state index in [1.807, 2.05) is 19.1 Å². The summed E-state index contributed by atoms with van der Waals surface area (Å²) in [5.74, 6) is 2.17. The second kappa shape index (κ2) is 5.48. The summed E-state index contributed by atoms with van der Waals surface area (Å²) in [6.07, 6.45) is 4.12. The molecule has 1 saturated heterocycles. The molecule has 1 aromatic heterocycles. The van der Waals surface area contributed by atoms with Crippen LogP contribution in [0.15, 0.2) is 26.4 Å². The van der Waals surface area contributed by atoms with Crippen molar-refractivity contribution in [1.29, 1.82) is 0 Å². The Morgan fingerprint density at radius 2 is 2.15 bits per heavy atom. The van der Waals surface area contributed by atoms with Gasteiger partial charge in [0.2, 0.25) is 0 Å². The number of thioether (sulfide) groups is 1. The van der Waals surface area contributed by atoms with Gasteiger partial charge < -0.3 is 9.32 Å². The summed E-state index contributed by atoms with van der Waals surface area (Å²) in [5.41, 5.74) is 0. The number of furan rings is 1. The van der Waals surface area contributed by atoms with Crippen LogP contribution in [-0.4, -0.2) is 29.1 Å². The van der Waals surface area contributed by atoms with Gasteiger partial charge in [-0.25, -0.2) is 0 Å². The Morgan fingerprint density at radius 1 is 1.40 bits per heavy atom. The minimum atomic E-state index is -0.155. The van der Waals surface area contributed by atoms with E-state index in [0.717, 1.165) is 29.9 Å². The molecule has 0 N–H and O–H groups in total. The van der Waals surface area contributed by atoms with Crippen molar-refractivity contribution in [2.45, 2.75) is 26.7 Å². The number of aliphatic imine (C=N–C) groups is 1. The molecular weight excluding hydrogens is 272 g/mol. The van der Waals surface area contributed by atoms with Crippen LogP contribution in [-0.2, 0) is 4.79 Å². The van der Waals surface area contributed by atoms with Crippen LogP contribution in [0.3, 0.4) is 0 Å². The summed E-state index contributed by atoms with van der Waals surface area (Å²) < 4.78 is 5.48. The number of amides is 1. The van der Waals surface area contributed by atoms with E-state index in [1.54, 1.807) is 6.08 Å². The number of aryl methyl sites for hydroxylation is 1. The fraction of sp³-hybridized carbons (Fsp3) is 0.467. The van der Waals surface area contributed by atoms with Gasteiger partial charge in [-0.15, -0.1) is 0 Å². The lowest BCUT2D eigenvalue weighted by atomic mass is 10.00. The van der Waals surface area contributed by atoms with Gasteiger partial charge in [-0.1, -0.05) is 6.92 Å². The number of hydrogen-bond donors (Lipinski definition) is 0. The number of hydrogen-bond acceptors (Lipinski definition) is 4. The molecule has 106 valence electrons. The van der Waals surface area contributed by atoms with Crippen LogP contribution >= 0.6 is 11.8 Å². The molecule has 2 aliphatic heterocycles. The van der Waals surface area contributed by atoms with E-state index < -0.39 is 0 Å². The van der Waals surface area contributed by atoms with E-state index >= 15 is 0 Å². The third-order valence-corrected chi connectivity index (χ3v) is 4.74. The maximum atomic E-state index is 12.0. The second-order valence-corrected chi connectivity index (χ2v) is 6.44. The first-order chi connectivity index (χ1) is 9.61. The SMILES string of the molecule is Cc1ccc(/C=C2/SC(N3CCC(C)CC3)=NC2=O)o1. The molecule has 0 saturated carbocycles. The monoisotopic (exact) mass is 290 g/mol. The van der Waals surface area contributed by atoms with Crippen LogP contribution in [0, 0.1) is 12.8 Å². The second-order valence-electron chi connectivity index (χ2n) is 5.43. The Kier molecular flexibility index (Phi) is 3.70. The van der Waals surface area contributed by atoms with Crippen molar-refractivity contribution >= 4 is 28.9 Å². The van der Waals surface area contributed by atoms with Gasteiger partial charge in [0.15, 0.2) is 5.17 Å². The summed E-state index contributed by atoms with van der Waals surface area (Å²) in [4.78, 5) is 19.0. The lowest BCUT2D eigenvalue weighted by Gasteiger charge is -2.30. The zero-order valence-corrected chi connectivity index (χ0v) is 12.6. The van der Waals surface area contributed by atoms with Gasteiger partial charge in [0.05, 0.1) is 4.91 Å². The lowest BCUT2D eigenvalue weighted by molar-refractivity contribution is -0.113. The summed E-state index contributed by atoms with van der Waals surface area (Å²) in [5, 5.41) is 0.844. The molecule has 0 unspecified atom stereocenters. The van der Waals surface area contributed by atoms with Crippen molar-refractivity contribution in [3.63, 3.8) is 0 Å². The molecule has 1 amide bonds. The molecule has 3 heterocycles. The fourth-order valence-corrected chi connectivity index (χ4v) is 3.34. The summed E-state index contributed by atoms with van der Waals surface area (Å²) in [6, 6.07) is 3.76. The Balaban J connectivity index is 1.71. The quantitative estimate of drug-likeness (QED) is 0.745. The van der Waals surface area contributed by atoms with E-state index in [2.05, 4.69) is 16.8 Å². The van der Waals surface area contributed by atoms with Crippen LogP contribution in [0.2, 0.25) is 0 Å².